The average molecular weight is 331 g/mol. The second kappa shape index (κ2) is 4.37. The molecule has 5 saturated carbocycles. The Kier molecular flexibility index (Phi) is 2.77. The fourth-order valence-corrected chi connectivity index (χ4v) is 7.67. The summed E-state index contributed by atoms with van der Waals surface area (Å²) in [4.78, 5) is 24.7. The number of alkyl halides is 1. The Morgan fingerprint density at radius 1 is 1.04 bits per heavy atom. The highest BCUT2D eigenvalue weighted by Crippen LogP contribution is 2.71. The number of hydrogen-bond acceptors (Lipinski definition) is 3. The summed E-state index contributed by atoms with van der Waals surface area (Å²) >= 11 is 0. The lowest BCUT2D eigenvalue weighted by Gasteiger charge is -2.59. The molecule has 0 saturated heterocycles. The molecule has 0 aromatic carbocycles. The van der Waals surface area contributed by atoms with Crippen LogP contribution in [0.3, 0.4) is 0 Å². The Morgan fingerprint density at radius 2 is 1.79 bits per heavy atom. The molecule has 5 rings (SSSR count). The second-order valence-corrected chi connectivity index (χ2v) is 9.62. The van der Waals surface area contributed by atoms with E-state index in [1.165, 1.54) is 0 Å². The molecule has 5 aliphatic carbocycles. The van der Waals surface area contributed by atoms with Crippen LogP contribution in [0.15, 0.2) is 0 Å². The van der Waals surface area contributed by atoms with Crippen LogP contribution in [0.4, 0.5) is 4.39 Å². The van der Waals surface area contributed by atoms with Crippen LogP contribution >= 0.6 is 0 Å². The zero-order valence-corrected chi connectivity index (χ0v) is 14.5. The number of rotatable bonds is 0. The average Bonchev–Trinajstić information content (AvgIpc) is 3.32. The summed E-state index contributed by atoms with van der Waals surface area (Å²) in [5.41, 5.74) is -0.0730. The molecule has 0 bridgehead atoms. The lowest BCUT2D eigenvalue weighted by Crippen LogP contribution is -2.57. The van der Waals surface area contributed by atoms with E-state index in [-0.39, 0.29) is 34.7 Å². The van der Waals surface area contributed by atoms with Crippen molar-refractivity contribution >= 4 is 17.3 Å². The minimum Gasteiger partial charge on any atom is -0.301 e. The van der Waals surface area contributed by atoms with Crippen molar-refractivity contribution in [2.24, 2.45) is 46.3 Å². The van der Waals surface area contributed by atoms with Gasteiger partial charge in [0.15, 0.2) is 17.7 Å². The Morgan fingerprint density at radius 3 is 2.54 bits per heavy atom. The van der Waals surface area contributed by atoms with Crippen LogP contribution in [0.2, 0.25) is 0 Å². The minimum absolute atomic E-state index is 0.0252. The van der Waals surface area contributed by atoms with Gasteiger partial charge in [-0.05, 0) is 67.6 Å². The van der Waals surface area contributed by atoms with Crippen molar-refractivity contribution in [1.29, 1.82) is 5.41 Å². The monoisotopic (exact) mass is 331 g/mol. The van der Waals surface area contributed by atoms with Crippen molar-refractivity contribution in [2.45, 2.75) is 58.5 Å². The molecule has 24 heavy (non-hydrogen) atoms. The molecule has 5 fully saturated rings. The number of carbonyl (C=O) groups excluding carboxylic acids is 2. The first-order chi connectivity index (χ1) is 11.3. The summed E-state index contributed by atoms with van der Waals surface area (Å²) in [5, 5.41) is 8.39. The highest BCUT2D eigenvalue weighted by Gasteiger charge is 2.70. The van der Waals surface area contributed by atoms with Gasteiger partial charge in [-0.1, -0.05) is 13.8 Å². The maximum Gasteiger partial charge on any atom is 0.179 e. The third kappa shape index (κ3) is 1.52. The summed E-state index contributed by atoms with van der Waals surface area (Å²) in [6.07, 6.45) is 3.67. The van der Waals surface area contributed by atoms with Gasteiger partial charge in [0.2, 0.25) is 0 Å². The van der Waals surface area contributed by atoms with E-state index in [0.29, 0.717) is 29.9 Å². The molecule has 5 aliphatic rings. The van der Waals surface area contributed by atoms with Crippen molar-refractivity contribution in [3.8, 4) is 0 Å². The van der Waals surface area contributed by atoms with E-state index >= 15 is 0 Å². The van der Waals surface area contributed by atoms with Crippen molar-refractivity contribution in [1.82, 2.24) is 0 Å². The summed E-state index contributed by atoms with van der Waals surface area (Å²) in [6, 6.07) is 0. The van der Waals surface area contributed by atoms with E-state index < -0.39 is 11.6 Å². The van der Waals surface area contributed by atoms with E-state index in [4.69, 9.17) is 5.41 Å². The number of nitrogens with one attached hydrogen (secondary N) is 1. The number of carbonyl (C=O) groups is 2. The van der Waals surface area contributed by atoms with Crippen molar-refractivity contribution in [2.75, 3.05) is 0 Å². The molecule has 0 aliphatic heterocycles. The number of halogens is 1. The van der Waals surface area contributed by atoms with Crippen LogP contribution in [0, 0.1) is 51.7 Å². The summed E-state index contributed by atoms with van der Waals surface area (Å²) < 4.78 is 14.2. The molecule has 0 aromatic heterocycles. The molecular weight excluding hydrogens is 305 g/mol. The number of fused-ring (bicyclic) bond motifs is 7. The molecule has 0 aromatic rings. The predicted molar refractivity (Wildman–Crippen MR) is 87.5 cm³/mol. The molecule has 1 N–H and O–H groups in total. The maximum atomic E-state index is 14.2. The fraction of sp³-hybridized carbons (Fsp3) is 0.850. The first-order valence-electron chi connectivity index (χ1n) is 9.61. The van der Waals surface area contributed by atoms with Gasteiger partial charge in [-0.3, -0.25) is 9.59 Å². The van der Waals surface area contributed by atoms with Gasteiger partial charge in [-0.2, -0.15) is 0 Å². The quantitative estimate of drug-likeness (QED) is 0.737. The van der Waals surface area contributed by atoms with Gasteiger partial charge in [0.25, 0.3) is 0 Å². The van der Waals surface area contributed by atoms with Gasteiger partial charge in [-0.25, -0.2) is 4.39 Å². The maximum absolute atomic E-state index is 14.2. The molecule has 7 unspecified atom stereocenters. The van der Waals surface area contributed by atoms with E-state index in [2.05, 4.69) is 6.92 Å². The van der Waals surface area contributed by atoms with Crippen molar-refractivity contribution in [3.63, 3.8) is 0 Å². The Labute approximate surface area is 142 Å². The fourth-order valence-electron chi connectivity index (χ4n) is 7.67. The minimum atomic E-state index is -1.27. The number of Topliss-reactive ketones (excluding diaryl/α,β-unsaturated/α-hetero) is 2. The SMILES string of the molecule is C[C@]12C(CCC3C1CC[C@]1(C)C(=O)C(F)CC31)C(=N)C(=O)C1CC12. The molecule has 9 atom stereocenters. The first kappa shape index (κ1) is 15.2. The first-order valence-corrected chi connectivity index (χ1v) is 9.61. The summed E-state index contributed by atoms with van der Waals surface area (Å²) in [5.74, 6) is 1.58. The molecule has 130 valence electrons. The Balaban J connectivity index is 1.54. The normalized spacial score (nSPS) is 58.6. The summed E-state index contributed by atoms with van der Waals surface area (Å²) in [6.45, 7) is 4.31. The van der Waals surface area contributed by atoms with Gasteiger partial charge in [0.1, 0.15) is 0 Å². The zero-order valence-electron chi connectivity index (χ0n) is 14.5. The van der Waals surface area contributed by atoms with Crippen LogP contribution in [-0.4, -0.2) is 23.4 Å². The number of hydrogen-bond donors (Lipinski definition) is 1. The molecule has 4 heteroatoms. The van der Waals surface area contributed by atoms with E-state index in [1.807, 2.05) is 6.92 Å². The van der Waals surface area contributed by atoms with Gasteiger partial charge < -0.3 is 5.41 Å². The van der Waals surface area contributed by atoms with E-state index in [1.54, 1.807) is 0 Å². The van der Waals surface area contributed by atoms with Gasteiger partial charge in [0.05, 0.1) is 5.71 Å². The van der Waals surface area contributed by atoms with Crippen molar-refractivity contribution < 1.29 is 14.0 Å². The number of ketones is 2. The third-order valence-corrected chi connectivity index (χ3v) is 9.01. The Hall–Kier alpha value is -1.06. The predicted octanol–water partition coefficient (Wildman–Crippen LogP) is 3.60. The van der Waals surface area contributed by atoms with Gasteiger partial charge in [-0.15, -0.1) is 0 Å². The lowest BCUT2D eigenvalue weighted by atomic mass is 9.44. The standard InChI is InChI=1S/C20H26FNO2/c1-19-6-5-11-9(13(19)8-15(21)18(19)24)3-4-12-16(22)17(23)10-7-14(10)20(11,12)2/h9-15,22H,3-8H2,1-2H3/t9?,10?,11?,12?,13?,14?,15?,19-,20+/m0/s1. The van der Waals surface area contributed by atoms with Crippen LogP contribution in [0.25, 0.3) is 0 Å². The zero-order chi connectivity index (χ0) is 17.0. The largest absolute Gasteiger partial charge is 0.301 e. The van der Waals surface area contributed by atoms with Crippen LogP contribution in [0.1, 0.15) is 52.4 Å². The Bertz CT molecular complexity index is 675. The molecular formula is C20H26FNO2. The topological polar surface area (TPSA) is 58.0 Å². The molecule has 0 amide bonds. The third-order valence-electron chi connectivity index (χ3n) is 9.01. The lowest BCUT2D eigenvalue weighted by molar-refractivity contribution is -0.139. The van der Waals surface area contributed by atoms with E-state index in [9.17, 15) is 14.0 Å². The smallest absolute Gasteiger partial charge is 0.179 e. The van der Waals surface area contributed by atoms with Gasteiger partial charge >= 0.3 is 0 Å². The van der Waals surface area contributed by atoms with E-state index in [0.717, 1.165) is 32.1 Å². The molecule has 3 nitrogen and oxygen atoms in total. The highest BCUT2D eigenvalue weighted by molar-refractivity contribution is 6.41. The highest BCUT2D eigenvalue weighted by atomic mass is 19.1. The molecule has 0 heterocycles. The second-order valence-electron chi connectivity index (χ2n) is 9.62. The van der Waals surface area contributed by atoms with Crippen molar-refractivity contribution in [3.05, 3.63) is 0 Å². The van der Waals surface area contributed by atoms with Gasteiger partial charge in [0, 0.05) is 17.3 Å². The van der Waals surface area contributed by atoms with Crippen LogP contribution in [0.5, 0.6) is 0 Å². The molecule has 0 radical (unpaired) electrons. The van der Waals surface area contributed by atoms with Crippen LogP contribution in [-0.2, 0) is 9.59 Å². The molecule has 0 spiro atoms. The summed E-state index contributed by atoms with van der Waals surface area (Å²) in [7, 11) is 0. The van der Waals surface area contributed by atoms with Crippen LogP contribution < -0.4 is 0 Å².